The molecule has 0 aliphatic heterocycles. The highest BCUT2D eigenvalue weighted by Gasteiger charge is 2.13. The molecule has 4 nitrogen and oxygen atoms in total. The van der Waals surface area contributed by atoms with Gasteiger partial charge in [0.15, 0.2) is 0 Å². The number of benzene rings is 1. The fraction of sp³-hybridized carbons (Fsp3) is 0.538. The highest BCUT2D eigenvalue weighted by atomic mass is 35.5. The zero-order chi connectivity index (χ0) is 14.3. The second-order valence-electron chi connectivity index (χ2n) is 4.30. The van der Waals surface area contributed by atoms with Gasteiger partial charge in [0.25, 0.3) is 0 Å². The van der Waals surface area contributed by atoms with Gasteiger partial charge >= 0.3 is 0 Å². The third-order valence-corrected chi connectivity index (χ3v) is 4.34. The monoisotopic (exact) mass is 305 g/mol. The Bertz CT molecular complexity index is 473. The number of hydrogen-bond acceptors (Lipinski definition) is 3. The molecule has 1 aromatic rings. The first-order chi connectivity index (χ1) is 8.99. The van der Waals surface area contributed by atoms with Gasteiger partial charge in [0.2, 0.25) is 10.0 Å². The lowest BCUT2D eigenvalue weighted by molar-refractivity contribution is 0.197. The van der Waals surface area contributed by atoms with Crippen LogP contribution in [0.15, 0.2) is 29.2 Å². The first-order valence-electron chi connectivity index (χ1n) is 6.21. The number of nitrogens with one attached hydrogen (secondary N) is 1. The maximum atomic E-state index is 11.9. The Morgan fingerprint density at radius 2 is 1.95 bits per heavy atom. The number of sulfonamides is 1. The molecule has 1 N–H and O–H groups in total. The average Bonchev–Trinajstić information content (AvgIpc) is 2.37. The minimum absolute atomic E-state index is 0.106. The molecule has 0 fully saturated rings. The van der Waals surface area contributed by atoms with E-state index in [0.717, 1.165) is 12.0 Å². The van der Waals surface area contributed by atoms with Gasteiger partial charge in [-0.3, -0.25) is 0 Å². The molecule has 0 radical (unpaired) electrons. The molecule has 0 saturated heterocycles. The molecule has 19 heavy (non-hydrogen) atoms. The summed E-state index contributed by atoms with van der Waals surface area (Å²) in [5.41, 5.74) is 0.992. The third kappa shape index (κ3) is 5.48. The largest absolute Gasteiger partial charge is 0.383 e. The summed E-state index contributed by atoms with van der Waals surface area (Å²) in [5, 5.41) is -0.106. The van der Waals surface area contributed by atoms with E-state index in [4.69, 9.17) is 16.3 Å². The minimum atomic E-state index is -3.39. The third-order valence-electron chi connectivity index (χ3n) is 2.58. The molecule has 108 valence electrons. The van der Waals surface area contributed by atoms with E-state index in [0.29, 0.717) is 19.6 Å². The Balaban J connectivity index is 2.71. The van der Waals surface area contributed by atoms with Crippen LogP contribution in [0.25, 0.3) is 0 Å². The molecule has 0 bridgehead atoms. The Kier molecular flexibility index (Phi) is 6.79. The van der Waals surface area contributed by atoms with Gasteiger partial charge in [-0.1, -0.05) is 19.1 Å². The molecule has 0 aromatic heterocycles. The standard InChI is InChI=1S/C13H20ClNO3S/c1-3-8-15-19(16,17)13-6-4-11(5-7-13)9-12(14)10-18-2/h4-7,12,15H,3,8-10H2,1-2H3. The number of hydrogen-bond donors (Lipinski definition) is 1. The summed E-state index contributed by atoms with van der Waals surface area (Å²) in [7, 11) is -1.78. The average molecular weight is 306 g/mol. The SMILES string of the molecule is CCCNS(=O)(=O)c1ccc(CC(Cl)COC)cc1. The number of rotatable bonds is 8. The zero-order valence-corrected chi connectivity index (χ0v) is 12.8. The molecule has 1 unspecified atom stereocenters. The van der Waals surface area contributed by atoms with Crippen molar-refractivity contribution in [3.63, 3.8) is 0 Å². The summed E-state index contributed by atoms with van der Waals surface area (Å²) in [5.74, 6) is 0. The van der Waals surface area contributed by atoms with Crippen LogP contribution < -0.4 is 4.72 Å². The smallest absolute Gasteiger partial charge is 0.240 e. The van der Waals surface area contributed by atoms with Crippen molar-refractivity contribution in [1.29, 1.82) is 0 Å². The maximum Gasteiger partial charge on any atom is 0.240 e. The molecule has 0 heterocycles. The van der Waals surface area contributed by atoms with E-state index < -0.39 is 10.0 Å². The lowest BCUT2D eigenvalue weighted by atomic mass is 10.1. The highest BCUT2D eigenvalue weighted by Crippen LogP contribution is 2.13. The van der Waals surface area contributed by atoms with Crippen LogP contribution in [0.5, 0.6) is 0 Å². The molecule has 0 amide bonds. The molecule has 0 spiro atoms. The van der Waals surface area contributed by atoms with Crippen molar-refractivity contribution in [2.75, 3.05) is 20.3 Å². The Morgan fingerprint density at radius 3 is 2.47 bits per heavy atom. The summed E-state index contributed by atoms with van der Waals surface area (Å²) in [4.78, 5) is 0.280. The quantitative estimate of drug-likeness (QED) is 0.749. The molecule has 0 saturated carbocycles. The highest BCUT2D eigenvalue weighted by molar-refractivity contribution is 7.89. The Morgan fingerprint density at radius 1 is 1.32 bits per heavy atom. The molecule has 0 aliphatic carbocycles. The van der Waals surface area contributed by atoms with Crippen LogP contribution in [0.2, 0.25) is 0 Å². The Labute approximate surface area is 120 Å². The van der Waals surface area contributed by atoms with E-state index in [1.165, 1.54) is 0 Å². The van der Waals surface area contributed by atoms with Crippen LogP contribution in [0.4, 0.5) is 0 Å². The number of ether oxygens (including phenoxy) is 1. The fourth-order valence-electron chi connectivity index (χ4n) is 1.62. The topological polar surface area (TPSA) is 55.4 Å². The van der Waals surface area contributed by atoms with E-state index in [1.807, 2.05) is 6.92 Å². The van der Waals surface area contributed by atoms with E-state index in [1.54, 1.807) is 31.4 Å². The summed E-state index contributed by atoms with van der Waals surface area (Å²) >= 11 is 6.06. The van der Waals surface area contributed by atoms with Gasteiger partial charge in [-0.25, -0.2) is 13.1 Å². The second-order valence-corrected chi connectivity index (χ2v) is 6.68. The molecule has 0 aliphatic rings. The van der Waals surface area contributed by atoms with Gasteiger partial charge in [0, 0.05) is 13.7 Å². The zero-order valence-electron chi connectivity index (χ0n) is 11.2. The van der Waals surface area contributed by atoms with Crippen molar-refractivity contribution >= 4 is 21.6 Å². The normalized spacial score (nSPS) is 13.4. The molecule has 1 atom stereocenters. The van der Waals surface area contributed by atoms with Gasteiger partial charge in [0.1, 0.15) is 0 Å². The molecule has 1 aromatic carbocycles. The van der Waals surface area contributed by atoms with Gasteiger partial charge in [-0.2, -0.15) is 0 Å². The van der Waals surface area contributed by atoms with Crippen LogP contribution in [0.1, 0.15) is 18.9 Å². The Hall–Kier alpha value is -0.620. The van der Waals surface area contributed by atoms with E-state index in [-0.39, 0.29) is 10.3 Å². The maximum absolute atomic E-state index is 11.9. The van der Waals surface area contributed by atoms with Crippen molar-refractivity contribution in [2.24, 2.45) is 0 Å². The van der Waals surface area contributed by atoms with E-state index in [9.17, 15) is 8.42 Å². The van der Waals surface area contributed by atoms with Crippen molar-refractivity contribution in [3.05, 3.63) is 29.8 Å². The van der Waals surface area contributed by atoms with E-state index >= 15 is 0 Å². The minimum Gasteiger partial charge on any atom is -0.383 e. The summed E-state index contributed by atoms with van der Waals surface area (Å²) < 4.78 is 31.2. The van der Waals surface area contributed by atoms with Crippen molar-refractivity contribution in [2.45, 2.75) is 30.0 Å². The van der Waals surface area contributed by atoms with E-state index in [2.05, 4.69) is 4.72 Å². The van der Waals surface area contributed by atoms with Gasteiger partial charge in [0.05, 0.1) is 16.9 Å². The van der Waals surface area contributed by atoms with Crippen LogP contribution in [-0.2, 0) is 21.2 Å². The van der Waals surface area contributed by atoms with Crippen LogP contribution in [0.3, 0.4) is 0 Å². The van der Waals surface area contributed by atoms with Crippen molar-refractivity contribution in [3.8, 4) is 0 Å². The van der Waals surface area contributed by atoms with Crippen LogP contribution in [0, 0.1) is 0 Å². The first-order valence-corrected chi connectivity index (χ1v) is 8.13. The van der Waals surface area contributed by atoms with Crippen molar-refractivity contribution < 1.29 is 13.2 Å². The van der Waals surface area contributed by atoms with Crippen LogP contribution >= 0.6 is 11.6 Å². The molecule has 6 heteroatoms. The molecule has 1 rings (SSSR count). The fourth-order valence-corrected chi connectivity index (χ4v) is 3.06. The van der Waals surface area contributed by atoms with Crippen molar-refractivity contribution in [1.82, 2.24) is 4.72 Å². The van der Waals surface area contributed by atoms with Gasteiger partial charge < -0.3 is 4.74 Å². The first kappa shape index (κ1) is 16.4. The summed E-state index contributed by atoms with van der Waals surface area (Å²) in [6.45, 7) is 2.84. The lowest BCUT2D eigenvalue weighted by Gasteiger charge is -2.09. The summed E-state index contributed by atoms with van der Waals surface area (Å²) in [6.07, 6.45) is 1.42. The number of methoxy groups -OCH3 is 1. The number of halogens is 1. The van der Waals surface area contributed by atoms with Crippen LogP contribution in [-0.4, -0.2) is 34.1 Å². The van der Waals surface area contributed by atoms with Gasteiger partial charge in [-0.15, -0.1) is 11.6 Å². The van der Waals surface area contributed by atoms with Gasteiger partial charge in [-0.05, 0) is 30.5 Å². The predicted octanol–water partition coefficient (Wildman–Crippen LogP) is 2.17. The summed E-state index contributed by atoms with van der Waals surface area (Å²) in [6, 6.07) is 6.77. The lowest BCUT2D eigenvalue weighted by Crippen LogP contribution is -2.24. The molecular weight excluding hydrogens is 286 g/mol. The second kappa shape index (κ2) is 7.85. The number of alkyl halides is 1. The predicted molar refractivity (Wildman–Crippen MR) is 77.1 cm³/mol. The molecular formula is C13H20ClNO3S.